The second-order valence-corrected chi connectivity index (χ2v) is 4.18. The predicted octanol–water partition coefficient (Wildman–Crippen LogP) is 2.56. The Balaban J connectivity index is 2.66. The van der Waals surface area contributed by atoms with Crippen LogP contribution in [0.2, 0.25) is 0 Å². The van der Waals surface area contributed by atoms with Crippen LogP contribution in [0.15, 0.2) is 18.2 Å². The molecule has 0 saturated carbocycles. The Morgan fingerprint density at radius 3 is 2.53 bits per heavy atom. The molecule has 15 heavy (non-hydrogen) atoms. The summed E-state index contributed by atoms with van der Waals surface area (Å²) in [6.45, 7) is 6.44. The minimum Gasteiger partial charge on any atom is -0.378 e. The molecule has 0 aromatic heterocycles. The largest absolute Gasteiger partial charge is 0.378 e. The number of anilines is 1. The van der Waals surface area contributed by atoms with Crippen molar-refractivity contribution in [2.75, 3.05) is 25.5 Å². The number of benzene rings is 1. The molecule has 0 radical (unpaired) electrons. The summed E-state index contributed by atoms with van der Waals surface area (Å²) in [5.74, 6) is 0. The predicted molar refractivity (Wildman–Crippen MR) is 67.5 cm³/mol. The maximum Gasteiger partial charge on any atom is 0.0363 e. The van der Waals surface area contributed by atoms with Crippen LogP contribution in [-0.2, 0) is 6.54 Å². The van der Waals surface area contributed by atoms with Crippen molar-refractivity contribution < 1.29 is 0 Å². The molecular weight excluding hydrogens is 184 g/mol. The number of nitrogens with zero attached hydrogens (tertiary/aromatic N) is 1. The monoisotopic (exact) mass is 206 g/mol. The summed E-state index contributed by atoms with van der Waals surface area (Å²) >= 11 is 0. The molecule has 0 unspecified atom stereocenters. The van der Waals surface area contributed by atoms with Gasteiger partial charge in [-0.15, -0.1) is 0 Å². The first-order chi connectivity index (χ1) is 7.15. The molecule has 84 valence electrons. The lowest BCUT2D eigenvalue weighted by atomic mass is 10.1. The van der Waals surface area contributed by atoms with Crippen LogP contribution in [0, 0.1) is 6.92 Å². The molecule has 0 aliphatic carbocycles. The maximum absolute atomic E-state index is 3.43. The molecule has 1 rings (SSSR count). The summed E-state index contributed by atoms with van der Waals surface area (Å²) in [6, 6.07) is 6.63. The van der Waals surface area contributed by atoms with Gasteiger partial charge in [-0.25, -0.2) is 0 Å². The molecule has 0 aliphatic heterocycles. The molecule has 0 aliphatic rings. The zero-order valence-electron chi connectivity index (χ0n) is 10.3. The molecule has 0 bridgehead atoms. The van der Waals surface area contributed by atoms with Crippen molar-refractivity contribution in [1.82, 2.24) is 5.32 Å². The van der Waals surface area contributed by atoms with E-state index in [4.69, 9.17) is 0 Å². The summed E-state index contributed by atoms with van der Waals surface area (Å²) in [6.07, 6.45) is 1.19. The molecule has 0 fully saturated rings. The lowest BCUT2D eigenvalue weighted by molar-refractivity contribution is 0.673. The van der Waals surface area contributed by atoms with Crippen LogP contribution < -0.4 is 10.2 Å². The number of nitrogens with one attached hydrogen (secondary N) is 1. The first-order valence-electron chi connectivity index (χ1n) is 5.62. The van der Waals surface area contributed by atoms with Gasteiger partial charge >= 0.3 is 0 Å². The Morgan fingerprint density at radius 2 is 2.00 bits per heavy atom. The summed E-state index contributed by atoms with van der Waals surface area (Å²) in [5.41, 5.74) is 4.03. The zero-order chi connectivity index (χ0) is 11.3. The van der Waals surface area contributed by atoms with Gasteiger partial charge in [-0.1, -0.05) is 13.0 Å². The van der Waals surface area contributed by atoms with Gasteiger partial charge in [-0.2, -0.15) is 0 Å². The van der Waals surface area contributed by atoms with Gasteiger partial charge in [0.2, 0.25) is 0 Å². The SMILES string of the molecule is CCCNCc1ccc(N(C)C)cc1C. The molecule has 1 aromatic rings. The number of hydrogen-bond donors (Lipinski definition) is 1. The van der Waals surface area contributed by atoms with Crippen LogP contribution in [0.1, 0.15) is 24.5 Å². The molecule has 0 saturated heterocycles. The van der Waals surface area contributed by atoms with Gasteiger partial charge in [0.15, 0.2) is 0 Å². The maximum atomic E-state index is 3.43. The highest BCUT2D eigenvalue weighted by Gasteiger charge is 2.00. The normalized spacial score (nSPS) is 10.4. The van der Waals surface area contributed by atoms with Crippen LogP contribution in [0.5, 0.6) is 0 Å². The molecule has 0 spiro atoms. The Kier molecular flexibility index (Phi) is 4.63. The van der Waals surface area contributed by atoms with E-state index in [-0.39, 0.29) is 0 Å². The second kappa shape index (κ2) is 5.76. The van der Waals surface area contributed by atoms with Gasteiger partial charge < -0.3 is 10.2 Å². The van der Waals surface area contributed by atoms with Gasteiger partial charge in [0.05, 0.1) is 0 Å². The smallest absolute Gasteiger partial charge is 0.0363 e. The summed E-state index contributed by atoms with van der Waals surface area (Å²) in [7, 11) is 4.15. The zero-order valence-corrected chi connectivity index (χ0v) is 10.3. The first kappa shape index (κ1) is 12.1. The average Bonchev–Trinajstić information content (AvgIpc) is 2.20. The van der Waals surface area contributed by atoms with E-state index in [0.29, 0.717) is 0 Å². The molecule has 0 atom stereocenters. The molecule has 1 aromatic carbocycles. The van der Waals surface area contributed by atoms with Crippen LogP contribution >= 0.6 is 0 Å². The molecule has 2 nitrogen and oxygen atoms in total. The third-order valence-corrected chi connectivity index (χ3v) is 2.58. The fourth-order valence-electron chi connectivity index (χ4n) is 1.56. The van der Waals surface area contributed by atoms with Crippen molar-refractivity contribution in [1.29, 1.82) is 0 Å². The minimum atomic E-state index is 0.980. The number of hydrogen-bond acceptors (Lipinski definition) is 2. The van der Waals surface area contributed by atoms with E-state index < -0.39 is 0 Å². The first-order valence-corrected chi connectivity index (χ1v) is 5.62. The average molecular weight is 206 g/mol. The van der Waals surface area contributed by atoms with Gasteiger partial charge in [0.1, 0.15) is 0 Å². The van der Waals surface area contributed by atoms with Crippen LogP contribution in [0.3, 0.4) is 0 Å². The standard InChI is InChI=1S/C13H22N2/c1-5-8-14-10-12-6-7-13(15(3)4)9-11(12)2/h6-7,9,14H,5,8,10H2,1-4H3. The van der Waals surface area contributed by atoms with Crippen molar-refractivity contribution in [2.45, 2.75) is 26.8 Å². The van der Waals surface area contributed by atoms with Crippen molar-refractivity contribution in [3.05, 3.63) is 29.3 Å². The Bertz CT molecular complexity index is 305. The van der Waals surface area contributed by atoms with Gasteiger partial charge in [-0.05, 0) is 43.1 Å². The highest BCUT2D eigenvalue weighted by Crippen LogP contribution is 2.17. The Morgan fingerprint density at radius 1 is 1.27 bits per heavy atom. The van der Waals surface area contributed by atoms with Crippen LogP contribution in [0.4, 0.5) is 5.69 Å². The van der Waals surface area contributed by atoms with Crippen LogP contribution in [-0.4, -0.2) is 20.6 Å². The van der Waals surface area contributed by atoms with Gasteiger partial charge in [0.25, 0.3) is 0 Å². The third-order valence-electron chi connectivity index (χ3n) is 2.58. The Hall–Kier alpha value is -1.02. The molecular formula is C13H22N2. The minimum absolute atomic E-state index is 0.980. The van der Waals surface area contributed by atoms with Gasteiger partial charge in [0, 0.05) is 26.3 Å². The van der Waals surface area contributed by atoms with E-state index in [1.165, 1.54) is 23.2 Å². The molecule has 0 heterocycles. The van der Waals surface area contributed by atoms with E-state index in [1.54, 1.807) is 0 Å². The van der Waals surface area contributed by atoms with Crippen molar-refractivity contribution in [2.24, 2.45) is 0 Å². The molecule has 2 heteroatoms. The number of aryl methyl sites for hydroxylation is 1. The van der Waals surface area contributed by atoms with E-state index in [1.807, 2.05) is 0 Å². The second-order valence-electron chi connectivity index (χ2n) is 4.18. The van der Waals surface area contributed by atoms with E-state index in [2.05, 4.69) is 56.4 Å². The number of rotatable bonds is 5. The van der Waals surface area contributed by atoms with E-state index in [9.17, 15) is 0 Å². The fourth-order valence-corrected chi connectivity index (χ4v) is 1.56. The summed E-state index contributed by atoms with van der Waals surface area (Å²) in [4.78, 5) is 2.14. The van der Waals surface area contributed by atoms with E-state index in [0.717, 1.165) is 13.1 Å². The van der Waals surface area contributed by atoms with Crippen molar-refractivity contribution in [3.63, 3.8) is 0 Å². The summed E-state index contributed by atoms with van der Waals surface area (Å²) < 4.78 is 0. The van der Waals surface area contributed by atoms with Crippen LogP contribution in [0.25, 0.3) is 0 Å². The molecule has 0 amide bonds. The van der Waals surface area contributed by atoms with Crippen molar-refractivity contribution >= 4 is 5.69 Å². The topological polar surface area (TPSA) is 15.3 Å². The van der Waals surface area contributed by atoms with Crippen molar-refractivity contribution in [3.8, 4) is 0 Å². The molecule has 1 N–H and O–H groups in total. The lowest BCUT2D eigenvalue weighted by Gasteiger charge is -2.15. The lowest BCUT2D eigenvalue weighted by Crippen LogP contribution is -2.15. The highest BCUT2D eigenvalue weighted by atomic mass is 15.1. The third kappa shape index (κ3) is 3.56. The summed E-state index contributed by atoms with van der Waals surface area (Å²) in [5, 5.41) is 3.43. The fraction of sp³-hybridized carbons (Fsp3) is 0.538. The Labute approximate surface area is 93.3 Å². The van der Waals surface area contributed by atoms with E-state index >= 15 is 0 Å². The highest BCUT2D eigenvalue weighted by molar-refractivity contribution is 5.49. The quantitative estimate of drug-likeness (QED) is 0.745. The van der Waals surface area contributed by atoms with Gasteiger partial charge in [-0.3, -0.25) is 0 Å².